The zero-order chi connectivity index (χ0) is 20.4. The van der Waals surface area contributed by atoms with Crippen molar-refractivity contribution < 1.29 is 13.9 Å². The van der Waals surface area contributed by atoms with Crippen LogP contribution in [0.2, 0.25) is 5.02 Å². The lowest BCUT2D eigenvalue weighted by molar-refractivity contribution is 0.0563. The molecule has 0 N–H and O–H groups in total. The molecule has 0 aliphatic heterocycles. The van der Waals surface area contributed by atoms with Crippen molar-refractivity contribution in [3.8, 4) is 0 Å². The van der Waals surface area contributed by atoms with Crippen LogP contribution in [0.1, 0.15) is 27.4 Å². The van der Waals surface area contributed by atoms with Gasteiger partial charge in [-0.1, -0.05) is 35.9 Å². The molecule has 0 fully saturated rings. The molecule has 0 amide bonds. The van der Waals surface area contributed by atoms with Gasteiger partial charge in [0.15, 0.2) is 0 Å². The maximum absolute atomic E-state index is 11.6. The number of ether oxygens (including phenoxy) is 1. The minimum Gasteiger partial charge on any atom is -0.463 e. The summed E-state index contributed by atoms with van der Waals surface area (Å²) in [6.07, 6.45) is 3.87. The van der Waals surface area contributed by atoms with Crippen LogP contribution in [0.15, 0.2) is 70.2 Å². The van der Waals surface area contributed by atoms with Gasteiger partial charge in [-0.05, 0) is 42.8 Å². The summed E-state index contributed by atoms with van der Waals surface area (Å²) in [5.74, 6) is 0.371. The molecule has 0 unspecified atom stereocenters. The Morgan fingerprint density at radius 1 is 1.21 bits per heavy atom. The Morgan fingerprint density at radius 2 is 2.03 bits per heavy atom. The quantitative estimate of drug-likeness (QED) is 0.311. The fraction of sp³-hybridized carbons (Fsp3) is 0.130. The number of methoxy groups -OCH3 is 1. The molecule has 2 heterocycles. The summed E-state index contributed by atoms with van der Waals surface area (Å²) in [5.41, 5.74) is 3.93. The first kappa shape index (κ1) is 19.0. The number of halogens is 1. The number of para-hydroxylation sites is 1. The van der Waals surface area contributed by atoms with Crippen molar-refractivity contribution >= 4 is 40.4 Å². The smallest absolute Gasteiger partial charge is 0.373 e. The van der Waals surface area contributed by atoms with E-state index in [2.05, 4.69) is 15.6 Å². The third kappa shape index (κ3) is 3.96. The van der Waals surface area contributed by atoms with Crippen molar-refractivity contribution in [1.29, 1.82) is 0 Å². The molecular weight excluding hydrogens is 388 g/mol. The molecular formula is C23H19ClN2O3. The topological polar surface area (TPSA) is 56.7 Å². The largest absolute Gasteiger partial charge is 0.463 e. The van der Waals surface area contributed by atoms with Crippen LogP contribution in [-0.4, -0.2) is 23.9 Å². The van der Waals surface area contributed by atoms with Gasteiger partial charge in [-0.15, -0.1) is 0 Å². The second-order valence-electron chi connectivity index (χ2n) is 6.68. The molecule has 0 saturated heterocycles. The maximum Gasteiger partial charge on any atom is 0.373 e. The summed E-state index contributed by atoms with van der Waals surface area (Å²) in [6.45, 7) is 2.49. The number of fused-ring (bicyclic) bond motifs is 1. The number of aromatic nitrogens is 1. The van der Waals surface area contributed by atoms with Gasteiger partial charge in [0.2, 0.25) is 5.76 Å². The molecule has 29 heavy (non-hydrogen) atoms. The number of hydrogen-bond donors (Lipinski definition) is 0. The van der Waals surface area contributed by atoms with Crippen molar-refractivity contribution in [2.75, 3.05) is 7.11 Å². The number of carbonyl (C=O) groups excluding carboxylic acids is 1. The Balaban J connectivity index is 1.68. The lowest BCUT2D eigenvalue weighted by Gasteiger charge is -2.02. The highest BCUT2D eigenvalue weighted by Gasteiger charge is 2.13. The first-order chi connectivity index (χ1) is 14.0. The molecule has 2 aromatic heterocycles. The third-order valence-electron chi connectivity index (χ3n) is 4.71. The summed E-state index contributed by atoms with van der Waals surface area (Å²) in [4.78, 5) is 16.3. The van der Waals surface area contributed by atoms with Gasteiger partial charge in [-0.2, -0.15) is 0 Å². The van der Waals surface area contributed by atoms with Crippen LogP contribution in [0, 0.1) is 6.92 Å². The Labute approximate surface area is 173 Å². The number of furan rings is 1. The summed E-state index contributed by atoms with van der Waals surface area (Å²) >= 11 is 6.10. The van der Waals surface area contributed by atoms with Crippen LogP contribution in [0.25, 0.3) is 10.9 Å². The van der Waals surface area contributed by atoms with Gasteiger partial charge in [0.1, 0.15) is 5.76 Å². The van der Waals surface area contributed by atoms with Crippen LogP contribution in [0.5, 0.6) is 0 Å². The second-order valence-corrected chi connectivity index (χ2v) is 7.11. The summed E-state index contributed by atoms with van der Waals surface area (Å²) in [6, 6.07) is 17.1. The number of aliphatic imine (C=N–C) groups is 1. The van der Waals surface area contributed by atoms with Crippen molar-refractivity contribution in [2.45, 2.75) is 13.5 Å². The fourth-order valence-corrected chi connectivity index (χ4v) is 3.38. The monoisotopic (exact) mass is 406 g/mol. The predicted octanol–water partition coefficient (Wildman–Crippen LogP) is 5.78. The van der Waals surface area contributed by atoms with Gasteiger partial charge in [-0.25, -0.2) is 4.79 Å². The van der Waals surface area contributed by atoms with E-state index in [9.17, 15) is 4.79 Å². The molecule has 0 radical (unpaired) electrons. The van der Waals surface area contributed by atoms with Crippen molar-refractivity contribution in [3.63, 3.8) is 0 Å². The summed E-state index contributed by atoms with van der Waals surface area (Å²) < 4.78 is 12.4. The number of rotatable bonds is 5. The zero-order valence-corrected chi connectivity index (χ0v) is 16.8. The maximum atomic E-state index is 11.6. The molecule has 5 nitrogen and oxygen atoms in total. The Morgan fingerprint density at radius 3 is 2.86 bits per heavy atom. The molecule has 0 aliphatic carbocycles. The van der Waals surface area contributed by atoms with Crippen molar-refractivity contribution in [2.24, 2.45) is 4.99 Å². The second kappa shape index (κ2) is 7.97. The first-order valence-corrected chi connectivity index (χ1v) is 9.48. The van der Waals surface area contributed by atoms with E-state index in [4.69, 9.17) is 20.8 Å². The van der Waals surface area contributed by atoms with E-state index in [0.29, 0.717) is 17.3 Å². The normalized spacial score (nSPS) is 11.4. The SMILES string of the molecule is COC(=O)c1ccc(Cn2cc(C=Nc3cc(Cl)ccc3C)c3ccccc32)o1. The zero-order valence-electron chi connectivity index (χ0n) is 16.1. The van der Waals surface area contributed by atoms with E-state index < -0.39 is 5.97 Å². The average molecular weight is 407 g/mol. The van der Waals surface area contributed by atoms with E-state index in [-0.39, 0.29) is 5.76 Å². The van der Waals surface area contributed by atoms with Crippen LogP contribution >= 0.6 is 11.6 Å². The van der Waals surface area contributed by atoms with E-state index in [1.54, 1.807) is 12.1 Å². The van der Waals surface area contributed by atoms with Gasteiger partial charge in [-0.3, -0.25) is 4.99 Å². The van der Waals surface area contributed by atoms with Crippen LogP contribution in [-0.2, 0) is 11.3 Å². The Kier molecular flexibility index (Phi) is 5.23. The molecule has 0 atom stereocenters. The lowest BCUT2D eigenvalue weighted by atomic mass is 10.2. The average Bonchev–Trinajstić information content (AvgIpc) is 3.34. The van der Waals surface area contributed by atoms with Gasteiger partial charge in [0.25, 0.3) is 0 Å². The van der Waals surface area contributed by atoms with Crippen molar-refractivity contribution in [3.05, 3.63) is 88.5 Å². The number of hydrogen-bond acceptors (Lipinski definition) is 4. The standard InChI is InChI=1S/C23H19ClN2O3/c1-15-7-8-17(24)11-20(15)25-12-16-13-26(21-6-4-3-5-19(16)21)14-18-9-10-22(29-18)23(27)28-2/h3-13H,14H2,1-2H3. The van der Waals surface area contributed by atoms with Gasteiger partial charge >= 0.3 is 5.97 Å². The fourth-order valence-electron chi connectivity index (χ4n) is 3.21. The van der Waals surface area contributed by atoms with E-state index in [1.807, 2.05) is 55.7 Å². The molecule has 6 heteroatoms. The number of esters is 1. The highest BCUT2D eigenvalue weighted by atomic mass is 35.5. The van der Waals surface area contributed by atoms with Gasteiger partial charge in [0, 0.05) is 33.9 Å². The van der Waals surface area contributed by atoms with Gasteiger partial charge < -0.3 is 13.7 Å². The van der Waals surface area contributed by atoms with Crippen LogP contribution < -0.4 is 0 Å². The minimum atomic E-state index is -0.488. The highest BCUT2D eigenvalue weighted by Crippen LogP contribution is 2.25. The highest BCUT2D eigenvalue weighted by molar-refractivity contribution is 6.30. The molecule has 0 saturated carbocycles. The van der Waals surface area contributed by atoms with E-state index in [1.165, 1.54) is 7.11 Å². The predicted molar refractivity (Wildman–Crippen MR) is 115 cm³/mol. The number of nitrogens with zero attached hydrogens (tertiary/aromatic N) is 2. The number of aryl methyl sites for hydroxylation is 1. The van der Waals surface area contributed by atoms with Crippen LogP contribution in [0.4, 0.5) is 5.69 Å². The first-order valence-electron chi connectivity index (χ1n) is 9.10. The number of carbonyl (C=O) groups is 1. The molecule has 2 aromatic carbocycles. The molecule has 4 aromatic rings. The summed E-state index contributed by atoms with van der Waals surface area (Å²) in [7, 11) is 1.33. The molecule has 0 aliphatic rings. The van der Waals surface area contributed by atoms with Crippen LogP contribution in [0.3, 0.4) is 0 Å². The summed E-state index contributed by atoms with van der Waals surface area (Å²) in [5, 5.41) is 1.74. The number of benzene rings is 2. The minimum absolute atomic E-state index is 0.192. The Bertz CT molecular complexity index is 1220. The van der Waals surface area contributed by atoms with Gasteiger partial charge in [0.05, 0.1) is 19.3 Å². The lowest BCUT2D eigenvalue weighted by Crippen LogP contribution is -1.99. The molecule has 4 rings (SSSR count). The molecule has 0 bridgehead atoms. The van der Waals surface area contributed by atoms with Crippen molar-refractivity contribution in [1.82, 2.24) is 4.57 Å². The van der Waals surface area contributed by atoms with E-state index >= 15 is 0 Å². The van der Waals surface area contributed by atoms with E-state index in [0.717, 1.165) is 27.7 Å². The molecule has 146 valence electrons. The molecule has 0 spiro atoms. The Hall–Kier alpha value is -3.31. The third-order valence-corrected chi connectivity index (χ3v) is 4.94.